The molecule has 5 rings (SSSR count). The van der Waals surface area contributed by atoms with E-state index in [0.29, 0.717) is 34.7 Å². The first-order valence-electron chi connectivity index (χ1n) is 13.3. The van der Waals surface area contributed by atoms with Gasteiger partial charge in [0.1, 0.15) is 12.2 Å². The molecule has 2 aliphatic rings. The molecule has 9 nitrogen and oxygen atoms in total. The molecular weight excluding hydrogens is 512 g/mol. The van der Waals surface area contributed by atoms with Gasteiger partial charge >= 0.3 is 5.97 Å². The second-order valence-electron chi connectivity index (χ2n) is 11.0. The van der Waals surface area contributed by atoms with Gasteiger partial charge in [0.25, 0.3) is 11.8 Å². The van der Waals surface area contributed by atoms with Gasteiger partial charge in [0.05, 0.1) is 37.1 Å². The number of carbonyl (C=O) groups excluding carboxylic acids is 3. The number of nitrogens with zero attached hydrogens (tertiary/aromatic N) is 2. The normalized spacial score (nSPS) is 15.8. The number of methoxy groups -OCH3 is 1. The first kappa shape index (κ1) is 27.2. The van der Waals surface area contributed by atoms with Crippen molar-refractivity contribution in [1.29, 1.82) is 0 Å². The molecule has 2 aromatic carbocycles. The molecule has 9 heteroatoms. The molecule has 0 saturated carbocycles. The third kappa shape index (κ3) is 4.65. The van der Waals surface area contributed by atoms with E-state index in [0.717, 1.165) is 11.1 Å². The largest absolute Gasteiger partial charge is 0.493 e. The minimum absolute atomic E-state index is 0.00313. The Hall–Kier alpha value is -4.40. The highest BCUT2D eigenvalue weighted by Gasteiger charge is 2.36. The Labute approximate surface area is 232 Å². The predicted octanol–water partition coefficient (Wildman–Crippen LogP) is 4.52. The van der Waals surface area contributed by atoms with Gasteiger partial charge in [0.2, 0.25) is 0 Å². The standard InChI is InChI=1S/C31H32N2O7/c1-6-39-30(37)22-17-33-23(16-24(22)34)21-15-25(38-5)26(13-18(21)14-27(33)31(2,3)4)40-12-11-32-28(35)19-9-7-8-10-20(19)29(32)36/h7-10,13,15-17,27H,6,11-12,14H2,1-5H3. The van der Waals surface area contributed by atoms with Crippen molar-refractivity contribution in [3.8, 4) is 22.8 Å². The number of carbonyl (C=O) groups is 3. The van der Waals surface area contributed by atoms with Crippen molar-refractivity contribution >= 4 is 17.8 Å². The van der Waals surface area contributed by atoms with Crippen LogP contribution in [0.1, 0.15) is 70.4 Å². The van der Waals surface area contributed by atoms with Gasteiger partial charge in [0.15, 0.2) is 16.9 Å². The van der Waals surface area contributed by atoms with Crippen molar-refractivity contribution in [2.24, 2.45) is 5.41 Å². The van der Waals surface area contributed by atoms with Crippen LogP contribution in [-0.2, 0) is 11.2 Å². The van der Waals surface area contributed by atoms with Crippen LogP contribution in [0.3, 0.4) is 0 Å². The molecule has 3 aromatic rings. The summed E-state index contributed by atoms with van der Waals surface area (Å²) in [6.45, 7) is 8.38. The molecule has 208 valence electrons. The van der Waals surface area contributed by atoms with E-state index in [-0.39, 0.29) is 48.6 Å². The number of pyridine rings is 1. The molecule has 0 radical (unpaired) electrons. The van der Waals surface area contributed by atoms with Crippen molar-refractivity contribution in [3.63, 3.8) is 0 Å². The number of hydrogen-bond donors (Lipinski definition) is 0. The molecule has 1 unspecified atom stereocenters. The van der Waals surface area contributed by atoms with E-state index in [1.165, 1.54) is 18.1 Å². The van der Waals surface area contributed by atoms with E-state index in [1.54, 1.807) is 37.4 Å². The predicted molar refractivity (Wildman–Crippen MR) is 148 cm³/mol. The third-order valence-electron chi connectivity index (χ3n) is 7.44. The second-order valence-corrected chi connectivity index (χ2v) is 11.0. The van der Waals surface area contributed by atoms with Crippen LogP contribution < -0.4 is 14.9 Å². The number of hydrogen-bond acceptors (Lipinski definition) is 7. The molecule has 2 amide bonds. The zero-order chi connectivity index (χ0) is 28.8. The average molecular weight is 545 g/mol. The Bertz CT molecular complexity index is 1550. The molecular formula is C31H32N2O7. The maximum atomic E-state index is 13.0. The van der Waals surface area contributed by atoms with Crippen LogP contribution in [0.25, 0.3) is 11.3 Å². The topological polar surface area (TPSA) is 104 Å². The van der Waals surface area contributed by atoms with Gasteiger partial charge in [-0.25, -0.2) is 4.79 Å². The summed E-state index contributed by atoms with van der Waals surface area (Å²) in [6.07, 6.45) is 2.23. The number of ether oxygens (including phenoxy) is 3. The maximum absolute atomic E-state index is 13.0. The summed E-state index contributed by atoms with van der Waals surface area (Å²) in [6, 6.07) is 11.9. The fraction of sp³-hybridized carbons (Fsp3) is 0.355. The Kier molecular flexibility index (Phi) is 6.99. The van der Waals surface area contributed by atoms with E-state index in [2.05, 4.69) is 20.8 Å². The average Bonchev–Trinajstić information content (AvgIpc) is 3.16. The van der Waals surface area contributed by atoms with Crippen molar-refractivity contribution in [2.45, 2.75) is 40.2 Å². The van der Waals surface area contributed by atoms with Crippen LogP contribution in [0, 0.1) is 5.41 Å². The summed E-state index contributed by atoms with van der Waals surface area (Å²) in [7, 11) is 1.52. The molecule has 1 aromatic heterocycles. The smallest absolute Gasteiger partial charge is 0.343 e. The number of imide groups is 1. The lowest BCUT2D eigenvalue weighted by Crippen LogP contribution is -2.34. The molecule has 40 heavy (non-hydrogen) atoms. The second kappa shape index (κ2) is 10.3. The fourth-order valence-corrected chi connectivity index (χ4v) is 5.39. The Balaban J connectivity index is 1.46. The summed E-state index contributed by atoms with van der Waals surface area (Å²) < 4.78 is 18.8. The number of aromatic nitrogens is 1. The van der Waals surface area contributed by atoms with Crippen LogP contribution in [0.4, 0.5) is 0 Å². The van der Waals surface area contributed by atoms with Crippen molar-refractivity contribution in [2.75, 3.05) is 26.9 Å². The molecule has 0 saturated heterocycles. The molecule has 0 N–H and O–H groups in total. The summed E-state index contributed by atoms with van der Waals surface area (Å²) >= 11 is 0. The highest BCUT2D eigenvalue weighted by atomic mass is 16.5. The van der Waals surface area contributed by atoms with Gasteiger partial charge in [-0.2, -0.15) is 0 Å². The molecule has 2 aliphatic heterocycles. The first-order chi connectivity index (χ1) is 19.0. The zero-order valence-corrected chi connectivity index (χ0v) is 23.3. The molecule has 1 atom stereocenters. The van der Waals surface area contributed by atoms with E-state index in [1.807, 2.05) is 16.7 Å². The monoisotopic (exact) mass is 544 g/mol. The number of esters is 1. The molecule has 0 fully saturated rings. The molecule has 3 heterocycles. The number of benzene rings is 2. The van der Waals surface area contributed by atoms with E-state index in [4.69, 9.17) is 14.2 Å². The van der Waals surface area contributed by atoms with Gasteiger partial charge in [-0.3, -0.25) is 19.3 Å². The van der Waals surface area contributed by atoms with Crippen molar-refractivity contribution in [3.05, 3.63) is 81.1 Å². The first-order valence-corrected chi connectivity index (χ1v) is 13.3. The van der Waals surface area contributed by atoms with Gasteiger partial charge in [-0.15, -0.1) is 0 Å². The molecule has 0 aliphatic carbocycles. The van der Waals surface area contributed by atoms with E-state index >= 15 is 0 Å². The van der Waals surface area contributed by atoms with Crippen LogP contribution in [-0.4, -0.2) is 54.1 Å². The molecule has 0 spiro atoms. The summed E-state index contributed by atoms with van der Waals surface area (Å²) in [5, 5.41) is 0. The van der Waals surface area contributed by atoms with Crippen molar-refractivity contribution < 1.29 is 28.6 Å². The van der Waals surface area contributed by atoms with Crippen molar-refractivity contribution in [1.82, 2.24) is 9.47 Å². The number of amides is 2. The van der Waals surface area contributed by atoms with E-state index in [9.17, 15) is 19.2 Å². The number of fused-ring (bicyclic) bond motifs is 4. The van der Waals surface area contributed by atoms with Crippen LogP contribution >= 0.6 is 0 Å². The van der Waals surface area contributed by atoms with Gasteiger partial charge in [-0.1, -0.05) is 32.9 Å². The third-order valence-corrected chi connectivity index (χ3v) is 7.44. The Morgan fingerprint density at radius 3 is 2.25 bits per heavy atom. The fourth-order valence-electron chi connectivity index (χ4n) is 5.39. The van der Waals surface area contributed by atoms with Gasteiger partial charge < -0.3 is 18.8 Å². The minimum atomic E-state index is -0.638. The van der Waals surface area contributed by atoms with E-state index < -0.39 is 11.4 Å². The lowest BCUT2D eigenvalue weighted by Gasteiger charge is -2.39. The van der Waals surface area contributed by atoms with Gasteiger partial charge in [-0.05, 0) is 48.6 Å². The van der Waals surface area contributed by atoms with Gasteiger partial charge in [0, 0.05) is 23.9 Å². The van der Waals surface area contributed by atoms with Crippen LogP contribution in [0.15, 0.2) is 53.5 Å². The highest BCUT2D eigenvalue weighted by Crippen LogP contribution is 2.45. The number of rotatable bonds is 7. The highest BCUT2D eigenvalue weighted by molar-refractivity contribution is 6.21. The summed E-state index contributed by atoms with van der Waals surface area (Å²) in [5.74, 6) is -0.383. The Morgan fingerprint density at radius 2 is 1.65 bits per heavy atom. The summed E-state index contributed by atoms with van der Waals surface area (Å²) in [5.41, 5.74) is 2.61. The van der Waals surface area contributed by atoms with Crippen LogP contribution in [0.2, 0.25) is 0 Å². The summed E-state index contributed by atoms with van der Waals surface area (Å²) in [4.78, 5) is 52.1. The maximum Gasteiger partial charge on any atom is 0.343 e. The lowest BCUT2D eigenvalue weighted by molar-refractivity contribution is 0.0521. The SMILES string of the molecule is CCOC(=O)c1cn2c(cc1=O)-c1cc(OC)c(OCCN3C(=O)c4ccccc4C3=O)cc1CC2C(C)(C)C. The lowest BCUT2D eigenvalue weighted by atomic mass is 9.78. The zero-order valence-electron chi connectivity index (χ0n) is 23.3. The Morgan fingerprint density at radius 1 is 0.975 bits per heavy atom. The molecule has 0 bridgehead atoms. The minimum Gasteiger partial charge on any atom is -0.493 e. The quantitative estimate of drug-likeness (QED) is 0.318. The van der Waals surface area contributed by atoms with Crippen LogP contribution in [0.5, 0.6) is 11.5 Å².